The van der Waals surface area contributed by atoms with Crippen molar-refractivity contribution in [2.24, 2.45) is 66.8 Å². The van der Waals surface area contributed by atoms with Gasteiger partial charge in [0.15, 0.2) is 0 Å². The fraction of sp³-hybridized carbons (Fsp3) is 0.743. The van der Waals surface area contributed by atoms with Crippen LogP contribution in [0.3, 0.4) is 0 Å². The number of nitrogens with one attached hydrogen (secondary N) is 6. The van der Waals surface area contributed by atoms with E-state index in [1.165, 1.54) is 35.5 Å². The number of hydrogen-bond donors (Lipinski definition) is 6. The summed E-state index contributed by atoms with van der Waals surface area (Å²) in [6.07, 6.45) is 5.38. The molecule has 698 valence electrons. The van der Waals surface area contributed by atoms with Crippen LogP contribution in [0, 0.1) is 88.8 Å². The molecule has 6 N–H and O–H groups in total. The Bertz CT molecular complexity index is 4000. The molecule has 0 aliphatic heterocycles. The summed E-state index contributed by atoms with van der Waals surface area (Å²) in [7, 11) is -6.08. The number of amides is 6. The topological polar surface area (TPSA) is 565 Å². The molecular formula is C70H112N12O33P6S3. The lowest BCUT2D eigenvalue weighted by molar-refractivity contribution is -0.142. The third-order valence-corrected chi connectivity index (χ3v) is 23.6. The van der Waals surface area contributed by atoms with Gasteiger partial charge in [-0.1, -0.05) is 7.43 Å². The third-order valence-electron chi connectivity index (χ3n) is 18.3. The molecule has 0 aromatic rings. The van der Waals surface area contributed by atoms with E-state index in [1.54, 1.807) is 14.2 Å². The molecule has 0 spiro atoms. The van der Waals surface area contributed by atoms with Gasteiger partial charge in [-0.2, -0.15) is 39.4 Å². The van der Waals surface area contributed by atoms with Gasteiger partial charge < -0.3 is 85.8 Å². The molecule has 6 rings (SSSR count). The highest BCUT2D eigenvalue weighted by molar-refractivity contribution is 7.88. The van der Waals surface area contributed by atoms with E-state index >= 15 is 0 Å². The molecule has 0 saturated heterocycles. The van der Waals surface area contributed by atoms with E-state index in [4.69, 9.17) is 71.1 Å². The van der Waals surface area contributed by atoms with Crippen molar-refractivity contribution in [1.29, 1.82) is 0 Å². The molecule has 0 bridgehead atoms. The maximum absolute atomic E-state index is 12.4. The van der Waals surface area contributed by atoms with Crippen LogP contribution in [0.15, 0.2) is 13.5 Å². The highest BCUT2D eigenvalue weighted by atomic mass is 32.2. The first-order valence-corrected chi connectivity index (χ1v) is 47.3. The molecule has 6 unspecified atom stereocenters. The van der Waals surface area contributed by atoms with Crippen LogP contribution in [0.4, 0.5) is 43.2 Å². The zero-order valence-electron chi connectivity index (χ0n) is 68.2. The number of fused-ring (bicyclic) bond motifs is 3. The molecule has 6 amide bonds. The molecule has 54 heteroatoms. The second kappa shape index (κ2) is 63.3. The second-order valence-electron chi connectivity index (χ2n) is 26.7. The maximum Gasteiger partial charge on any atom is 0.421 e. The number of rotatable bonds is 51. The van der Waals surface area contributed by atoms with Gasteiger partial charge in [0.1, 0.15) is 84.6 Å². The fourth-order valence-corrected chi connectivity index (χ4v) is 16.2. The lowest BCUT2D eigenvalue weighted by Gasteiger charge is -2.21. The van der Waals surface area contributed by atoms with E-state index in [1.807, 2.05) is 28.2 Å². The van der Waals surface area contributed by atoms with Crippen LogP contribution in [0.25, 0.3) is 0 Å². The number of nitrogens with zero attached hydrogens (tertiary/aromatic N) is 6. The summed E-state index contributed by atoms with van der Waals surface area (Å²) in [5.74, 6) is 20.6. The molecule has 0 heterocycles. The Labute approximate surface area is 733 Å². The normalized spacial score (nSPS) is 19.3. The van der Waals surface area contributed by atoms with Crippen LogP contribution < -0.4 is 28.3 Å². The summed E-state index contributed by atoms with van der Waals surface area (Å²) in [6.45, 7) is 2.42. The fourth-order valence-electron chi connectivity index (χ4n) is 12.5. The molecule has 0 radical (unpaired) electrons. The molecule has 0 aromatic carbocycles. The summed E-state index contributed by atoms with van der Waals surface area (Å²) in [5.41, 5.74) is -1.81. The van der Waals surface area contributed by atoms with Gasteiger partial charge in [0.25, 0.3) is 0 Å². The van der Waals surface area contributed by atoms with E-state index in [-0.39, 0.29) is 228 Å². The molecule has 3 saturated carbocycles. The van der Waals surface area contributed by atoms with Crippen molar-refractivity contribution in [3.8, 4) is 35.5 Å². The van der Waals surface area contributed by atoms with E-state index in [0.29, 0.717) is 35.5 Å². The summed E-state index contributed by atoms with van der Waals surface area (Å²) >= 11 is 0. The quantitative estimate of drug-likeness (QED) is 0.0120. The van der Waals surface area contributed by atoms with Crippen LogP contribution in [-0.2, 0) is 116 Å². The Hall–Kier alpha value is -7.68. The van der Waals surface area contributed by atoms with Crippen molar-refractivity contribution in [1.82, 2.24) is 43.0 Å². The van der Waals surface area contributed by atoms with Gasteiger partial charge in [-0.3, -0.25) is 14.4 Å². The monoisotopic (exact) mass is 1930 g/mol. The Balaban J connectivity index is 0.000000479. The molecule has 0 aromatic heterocycles. The smallest absolute Gasteiger partial charge is 0.421 e. The molecular weight excluding hydrogens is 1820 g/mol. The van der Waals surface area contributed by atoms with Crippen molar-refractivity contribution in [3.05, 3.63) is 0 Å². The summed E-state index contributed by atoms with van der Waals surface area (Å²) in [5, 5.41) is 0. The molecule has 6 aliphatic carbocycles. The van der Waals surface area contributed by atoms with Gasteiger partial charge >= 0.3 is 102 Å². The van der Waals surface area contributed by atoms with Crippen LogP contribution in [0.5, 0.6) is 0 Å². The lowest BCUT2D eigenvalue weighted by atomic mass is 10.1. The van der Waals surface area contributed by atoms with E-state index in [2.05, 4.69) is 63.2 Å². The Kier molecular flexibility index (Phi) is 56.4. The second-order valence-corrected chi connectivity index (χ2v) is 35.7. The van der Waals surface area contributed by atoms with Crippen molar-refractivity contribution in [3.63, 3.8) is 0 Å². The number of carbonyl (C=O) groups is 12. The van der Waals surface area contributed by atoms with E-state index in [9.17, 15) is 82.8 Å². The summed E-state index contributed by atoms with van der Waals surface area (Å²) < 4.78 is 171. The highest BCUT2D eigenvalue weighted by Crippen LogP contribution is 2.54. The first-order valence-electron chi connectivity index (χ1n) is 38.8. The number of hydrogen-bond acceptors (Lipinski definition) is 36. The first kappa shape index (κ1) is 110. The minimum Gasteiger partial charge on any atom is -0.464 e. The molecule has 124 heavy (non-hydrogen) atoms. The first-order chi connectivity index (χ1) is 58.9. The maximum atomic E-state index is 12.4. The van der Waals surface area contributed by atoms with Crippen LogP contribution >= 0.6 is 53.3 Å². The van der Waals surface area contributed by atoms with Crippen LogP contribution in [-0.4, -0.2) is 289 Å². The average Bonchev–Trinajstić information content (AvgIpc) is 1.64. The summed E-state index contributed by atoms with van der Waals surface area (Å²) in [6, 6.07) is 0. The molecule has 3 fully saturated rings. The number of carbonyl (C=O) groups excluding carboxylic acids is 12. The van der Waals surface area contributed by atoms with Crippen molar-refractivity contribution in [2.45, 2.75) is 105 Å². The predicted molar refractivity (Wildman–Crippen MR) is 453 cm³/mol. The molecule has 12 atom stereocenters. The van der Waals surface area contributed by atoms with Gasteiger partial charge in [-0.15, -0.1) is 35.5 Å². The van der Waals surface area contributed by atoms with Gasteiger partial charge in [-0.25, -0.2) is 70.9 Å². The van der Waals surface area contributed by atoms with E-state index < -0.39 is 102 Å². The van der Waals surface area contributed by atoms with Gasteiger partial charge in [-0.05, 0) is 120 Å². The van der Waals surface area contributed by atoms with Crippen molar-refractivity contribution >= 4 is 156 Å². The van der Waals surface area contributed by atoms with Crippen molar-refractivity contribution in [2.75, 3.05) is 178 Å². The molecule has 6 aliphatic rings. The Morgan fingerprint density at radius 2 is 0.540 bits per heavy atom. The summed E-state index contributed by atoms with van der Waals surface area (Å²) in [4.78, 5) is 144. The largest absolute Gasteiger partial charge is 0.464 e. The zero-order valence-corrected chi connectivity index (χ0v) is 76.8. The van der Waals surface area contributed by atoms with Crippen molar-refractivity contribution < 1.29 is 154 Å². The van der Waals surface area contributed by atoms with Crippen LogP contribution in [0.2, 0.25) is 0 Å². The van der Waals surface area contributed by atoms with Gasteiger partial charge in [0.2, 0.25) is 0 Å². The third kappa shape index (κ3) is 51.2. The zero-order chi connectivity index (χ0) is 90.3. The van der Waals surface area contributed by atoms with E-state index in [0.717, 1.165) is 77.0 Å². The van der Waals surface area contributed by atoms with Gasteiger partial charge in [0, 0.05) is 78.9 Å². The molecule has 45 nitrogen and oxygen atoms in total. The SMILES string of the molecule is C.CC(=O)OCCN(CCOC(=O)P=NP)C(=O)OCCOCCNS(=O)(=O)NC(=O)OCC1[C@H]2CCC#CCC[C@@H]12.CC(=O)OCCN(CCOC(C)=O)C(=O)OCCOCCNS(=O)(=O)NC(=O)OCC1[C@H]2CCC#CCC[C@@H]12.O=C(NS(=O)(=O)NCCOCCOC(=O)N(CCOC(=O)P=NP)CCOC(=O)P=NP)OCC1[C@H]2CCC#CCC[C@@H]12. The Morgan fingerprint density at radius 1 is 0.323 bits per heavy atom. The standard InChI is InChI=1S/C24H37N3O11S.C23H36N4O11P2S.C22H35N5O11P4S.CH4/c1-18(28)35-13-10-27(11-14-36-19(2)29)24(31)37-16-15-34-12-9-25-39(32,33)26-23(30)38-17-22-20-7-5-3-4-6-8-21(20)22;1-17(28)35-12-9-27(10-13-37-23(31)40-26-39)22(30)36-15-14-34-11-8-24-41(32,33)25-21(29)38-16-20-18-6-4-2-3-5-7-19(18)20;28-19(38-15-18-16-5-3-1-2-4-6-17(16)18)24-43(32,33)23-7-10-34-13-14-35-20(29)27(8-11-36-21(30)41-25-39)9-12-37-22(31)42-26-40;/h20-22,25H,5-17H2,1-2H3,(H,26,30);18-20,24H,4-16,39H2,1H3,(H,25,29);16-18,23H,3-15,39-40H2,(H,24,28);1H4/t20-,21+,22?;18-,19+,20?;16-,17+,18?;. The minimum absolute atomic E-state index is 0. The number of ether oxygens (including phenoxy) is 15. The minimum atomic E-state index is -4.15. The lowest BCUT2D eigenvalue weighted by Crippen LogP contribution is -2.42. The number of esters is 3. The van der Waals surface area contributed by atoms with Gasteiger partial charge in [0.05, 0.1) is 98.7 Å². The Morgan fingerprint density at radius 3 is 0.750 bits per heavy atom. The predicted octanol–water partition coefficient (Wildman–Crippen LogP) is 6.82. The highest BCUT2D eigenvalue weighted by Gasteiger charge is 2.51. The average molecular weight is 1930 g/mol. The van der Waals surface area contributed by atoms with Crippen LogP contribution in [0.1, 0.15) is 105 Å².